The van der Waals surface area contributed by atoms with E-state index in [0.29, 0.717) is 12.0 Å². The van der Waals surface area contributed by atoms with Crippen LogP contribution in [0, 0.1) is 0 Å². The summed E-state index contributed by atoms with van der Waals surface area (Å²) in [7, 11) is 0. The van der Waals surface area contributed by atoms with Gasteiger partial charge in [0.15, 0.2) is 0 Å². The standard InChI is InChI=1S/C13H14N2O/c1-2-5-11(6-3-1)12-9-16-10-13(12)15-8-4-7-14-15/h1-8,12-13H,9-10H2. The summed E-state index contributed by atoms with van der Waals surface area (Å²) in [5.41, 5.74) is 1.33. The fourth-order valence-corrected chi connectivity index (χ4v) is 2.30. The molecular weight excluding hydrogens is 200 g/mol. The summed E-state index contributed by atoms with van der Waals surface area (Å²) in [4.78, 5) is 0. The van der Waals surface area contributed by atoms with Crippen molar-refractivity contribution in [3.63, 3.8) is 0 Å². The van der Waals surface area contributed by atoms with Gasteiger partial charge in [0.1, 0.15) is 0 Å². The topological polar surface area (TPSA) is 27.1 Å². The van der Waals surface area contributed by atoms with Crippen molar-refractivity contribution in [3.05, 3.63) is 54.4 Å². The molecule has 1 aliphatic heterocycles. The molecule has 0 radical (unpaired) electrons. The maximum Gasteiger partial charge on any atom is 0.0842 e. The van der Waals surface area contributed by atoms with Crippen LogP contribution in [0.3, 0.4) is 0 Å². The molecule has 1 saturated heterocycles. The molecule has 1 fully saturated rings. The smallest absolute Gasteiger partial charge is 0.0842 e. The third-order valence-electron chi connectivity index (χ3n) is 3.14. The predicted octanol–water partition coefficient (Wildman–Crippen LogP) is 2.24. The van der Waals surface area contributed by atoms with Gasteiger partial charge in [0, 0.05) is 18.3 Å². The minimum absolute atomic E-state index is 0.331. The first-order valence-electron chi connectivity index (χ1n) is 5.57. The number of rotatable bonds is 2. The van der Waals surface area contributed by atoms with Gasteiger partial charge in [0.25, 0.3) is 0 Å². The van der Waals surface area contributed by atoms with E-state index >= 15 is 0 Å². The number of hydrogen-bond donors (Lipinski definition) is 0. The molecule has 0 amide bonds. The van der Waals surface area contributed by atoms with Crippen LogP contribution in [0.2, 0.25) is 0 Å². The minimum Gasteiger partial charge on any atom is -0.378 e. The lowest BCUT2D eigenvalue weighted by Crippen LogP contribution is -2.16. The Balaban J connectivity index is 1.90. The molecule has 1 aromatic heterocycles. The van der Waals surface area contributed by atoms with Crippen molar-refractivity contribution in [2.24, 2.45) is 0 Å². The Morgan fingerprint density at radius 2 is 2.00 bits per heavy atom. The SMILES string of the molecule is c1ccc(C2COCC2n2cccn2)cc1. The molecule has 82 valence electrons. The summed E-state index contributed by atoms with van der Waals surface area (Å²) < 4.78 is 7.59. The van der Waals surface area contributed by atoms with Gasteiger partial charge in [0.05, 0.1) is 19.3 Å². The van der Waals surface area contributed by atoms with Gasteiger partial charge in [-0.1, -0.05) is 30.3 Å². The van der Waals surface area contributed by atoms with Crippen LogP contribution in [0.1, 0.15) is 17.5 Å². The molecule has 2 atom stereocenters. The van der Waals surface area contributed by atoms with Crippen molar-refractivity contribution >= 4 is 0 Å². The van der Waals surface area contributed by atoms with Gasteiger partial charge in [-0.15, -0.1) is 0 Å². The highest BCUT2D eigenvalue weighted by atomic mass is 16.5. The molecule has 0 N–H and O–H groups in total. The lowest BCUT2D eigenvalue weighted by molar-refractivity contribution is 0.183. The maximum absolute atomic E-state index is 5.59. The van der Waals surface area contributed by atoms with Crippen molar-refractivity contribution in [1.29, 1.82) is 0 Å². The van der Waals surface area contributed by atoms with Crippen LogP contribution in [0.4, 0.5) is 0 Å². The zero-order valence-corrected chi connectivity index (χ0v) is 8.99. The predicted molar refractivity (Wildman–Crippen MR) is 61.3 cm³/mol. The molecule has 16 heavy (non-hydrogen) atoms. The van der Waals surface area contributed by atoms with Crippen LogP contribution in [0.25, 0.3) is 0 Å². The Morgan fingerprint density at radius 1 is 1.12 bits per heavy atom. The molecule has 0 bridgehead atoms. The van der Waals surface area contributed by atoms with E-state index in [1.807, 2.05) is 29.2 Å². The van der Waals surface area contributed by atoms with Gasteiger partial charge in [-0.2, -0.15) is 5.10 Å². The molecule has 2 unspecified atom stereocenters. The van der Waals surface area contributed by atoms with Crippen molar-refractivity contribution in [1.82, 2.24) is 9.78 Å². The lowest BCUT2D eigenvalue weighted by atomic mass is 9.95. The normalized spacial score (nSPS) is 24.8. The summed E-state index contributed by atoms with van der Waals surface area (Å²) in [6.45, 7) is 1.54. The molecule has 3 rings (SSSR count). The van der Waals surface area contributed by atoms with Crippen LogP contribution in [0.5, 0.6) is 0 Å². The largest absolute Gasteiger partial charge is 0.378 e. The first-order chi connectivity index (χ1) is 7.95. The molecular formula is C13H14N2O. The summed E-state index contributed by atoms with van der Waals surface area (Å²) in [5.74, 6) is 0.418. The van der Waals surface area contributed by atoms with Gasteiger partial charge >= 0.3 is 0 Å². The molecule has 3 nitrogen and oxygen atoms in total. The Bertz CT molecular complexity index is 438. The quantitative estimate of drug-likeness (QED) is 0.766. The van der Waals surface area contributed by atoms with E-state index in [-0.39, 0.29) is 0 Å². The van der Waals surface area contributed by atoms with Gasteiger partial charge in [-0.3, -0.25) is 4.68 Å². The van der Waals surface area contributed by atoms with Crippen molar-refractivity contribution < 1.29 is 4.74 Å². The number of ether oxygens (including phenoxy) is 1. The van der Waals surface area contributed by atoms with Crippen molar-refractivity contribution in [2.45, 2.75) is 12.0 Å². The molecule has 2 aromatic rings. The number of hydrogen-bond acceptors (Lipinski definition) is 2. The highest BCUT2D eigenvalue weighted by Crippen LogP contribution is 2.33. The number of aromatic nitrogens is 2. The Kier molecular flexibility index (Phi) is 2.46. The monoisotopic (exact) mass is 214 g/mol. The van der Waals surface area contributed by atoms with Crippen LogP contribution >= 0.6 is 0 Å². The van der Waals surface area contributed by atoms with Gasteiger partial charge in [0.2, 0.25) is 0 Å². The van der Waals surface area contributed by atoms with E-state index in [0.717, 1.165) is 13.2 Å². The Morgan fingerprint density at radius 3 is 2.75 bits per heavy atom. The highest BCUT2D eigenvalue weighted by Gasteiger charge is 2.30. The molecule has 1 aromatic carbocycles. The van der Waals surface area contributed by atoms with Crippen LogP contribution in [0.15, 0.2) is 48.8 Å². The summed E-state index contributed by atoms with van der Waals surface area (Å²) in [5, 5.41) is 4.31. The average Bonchev–Trinajstić information content (AvgIpc) is 3.01. The number of nitrogens with zero attached hydrogens (tertiary/aromatic N) is 2. The zero-order chi connectivity index (χ0) is 10.8. The second-order valence-corrected chi connectivity index (χ2v) is 4.11. The summed E-state index contributed by atoms with van der Waals surface area (Å²) in [6, 6.07) is 12.8. The van der Waals surface area contributed by atoms with E-state index in [2.05, 4.69) is 29.4 Å². The molecule has 0 spiro atoms. The lowest BCUT2D eigenvalue weighted by Gasteiger charge is -2.18. The van der Waals surface area contributed by atoms with Gasteiger partial charge < -0.3 is 4.74 Å². The highest BCUT2D eigenvalue weighted by molar-refractivity contribution is 5.22. The van der Waals surface area contributed by atoms with Gasteiger partial charge in [-0.25, -0.2) is 0 Å². The Labute approximate surface area is 94.7 Å². The van der Waals surface area contributed by atoms with E-state index < -0.39 is 0 Å². The molecule has 0 aliphatic carbocycles. The fourth-order valence-electron chi connectivity index (χ4n) is 2.30. The van der Waals surface area contributed by atoms with Crippen LogP contribution in [-0.2, 0) is 4.74 Å². The summed E-state index contributed by atoms with van der Waals surface area (Å²) in [6.07, 6.45) is 3.83. The van der Waals surface area contributed by atoms with E-state index in [1.54, 1.807) is 0 Å². The van der Waals surface area contributed by atoms with Crippen LogP contribution in [-0.4, -0.2) is 23.0 Å². The minimum atomic E-state index is 0.331. The van der Waals surface area contributed by atoms with E-state index in [4.69, 9.17) is 4.74 Å². The van der Waals surface area contributed by atoms with Gasteiger partial charge in [-0.05, 0) is 11.6 Å². The molecule has 0 saturated carbocycles. The van der Waals surface area contributed by atoms with E-state index in [9.17, 15) is 0 Å². The van der Waals surface area contributed by atoms with E-state index in [1.165, 1.54) is 5.56 Å². The third-order valence-corrected chi connectivity index (χ3v) is 3.14. The maximum atomic E-state index is 5.59. The Hall–Kier alpha value is -1.61. The van der Waals surface area contributed by atoms with Crippen molar-refractivity contribution in [2.75, 3.05) is 13.2 Å². The van der Waals surface area contributed by atoms with Crippen molar-refractivity contribution in [3.8, 4) is 0 Å². The zero-order valence-electron chi connectivity index (χ0n) is 8.99. The third kappa shape index (κ3) is 1.63. The number of benzene rings is 1. The van der Waals surface area contributed by atoms with Crippen LogP contribution < -0.4 is 0 Å². The average molecular weight is 214 g/mol. The summed E-state index contributed by atoms with van der Waals surface area (Å²) >= 11 is 0. The second-order valence-electron chi connectivity index (χ2n) is 4.11. The first kappa shape index (κ1) is 9.60. The molecule has 2 heterocycles. The molecule has 3 heteroatoms. The second kappa shape index (κ2) is 4.10. The first-order valence-corrected chi connectivity index (χ1v) is 5.57. The fraction of sp³-hybridized carbons (Fsp3) is 0.308. The molecule has 1 aliphatic rings.